The first-order valence-corrected chi connectivity index (χ1v) is 6.20. The van der Waals surface area contributed by atoms with E-state index >= 15 is 0 Å². The molecule has 0 spiro atoms. The molecule has 2 aromatic rings. The SMILES string of the molecule is Cc1cc(SCc2ccccc2)sn1. The fourth-order valence-corrected chi connectivity index (χ4v) is 2.90. The summed E-state index contributed by atoms with van der Waals surface area (Å²) in [5.41, 5.74) is 2.48. The highest BCUT2D eigenvalue weighted by atomic mass is 32.2. The van der Waals surface area contributed by atoms with Crippen molar-refractivity contribution in [1.29, 1.82) is 0 Å². The number of benzene rings is 1. The van der Waals surface area contributed by atoms with E-state index in [1.54, 1.807) is 11.5 Å². The Morgan fingerprint density at radius 2 is 2.07 bits per heavy atom. The molecular weight excluding hydrogens is 210 g/mol. The van der Waals surface area contributed by atoms with E-state index < -0.39 is 0 Å². The molecule has 0 atom stereocenters. The van der Waals surface area contributed by atoms with Crippen molar-refractivity contribution in [3.05, 3.63) is 47.7 Å². The van der Waals surface area contributed by atoms with E-state index in [9.17, 15) is 0 Å². The van der Waals surface area contributed by atoms with E-state index in [0.29, 0.717) is 0 Å². The molecule has 0 N–H and O–H groups in total. The molecule has 0 aliphatic heterocycles. The zero-order valence-corrected chi connectivity index (χ0v) is 9.57. The second-order valence-corrected chi connectivity index (χ2v) is 5.14. The van der Waals surface area contributed by atoms with Crippen LogP contribution in [-0.4, -0.2) is 4.37 Å². The van der Waals surface area contributed by atoms with Crippen molar-refractivity contribution >= 4 is 23.3 Å². The molecule has 0 saturated carbocycles. The van der Waals surface area contributed by atoms with Crippen molar-refractivity contribution in [3.8, 4) is 0 Å². The third-order valence-electron chi connectivity index (χ3n) is 1.83. The van der Waals surface area contributed by atoms with Crippen LogP contribution in [0.5, 0.6) is 0 Å². The van der Waals surface area contributed by atoms with Crippen LogP contribution >= 0.6 is 23.3 Å². The van der Waals surface area contributed by atoms with Crippen molar-refractivity contribution in [2.45, 2.75) is 16.9 Å². The number of aromatic nitrogens is 1. The summed E-state index contributed by atoms with van der Waals surface area (Å²) in [6, 6.07) is 12.6. The molecule has 0 amide bonds. The Labute approximate surface area is 92.3 Å². The van der Waals surface area contributed by atoms with Gasteiger partial charge in [0.25, 0.3) is 0 Å². The number of hydrogen-bond donors (Lipinski definition) is 0. The first-order chi connectivity index (χ1) is 6.84. The fourth-order valence-electron chi connectivity index (χ4n) is 1.14. The van der Waals surface area contributed by atoms with Crippen molar-refractivity contribution in [2.24, 2.45) is 0 Å². The molecule has 0 unspecified atom stereocenters. The van der Waals surface area contributed by atoms with E-state index in [1.807, 2.05) is 24.8 Å². The molecule has 0 fully saturated rings. The van der Waals surface area contributed by atoms with Crippen LogP contribution in [0.2, 0.25) is 0 Å². The van der Waals surface area contributed by atoms with E-state index in [-0.39, 0.29) is 0 Å². The van der Waals surface area contributed by atoms with Crippen LogP contribution in [0.4, 0.5) is 0 Å². The van der Waals surface area contributed by atoms with Gasteiger partial charge in [0.05, 0.1) is 9.90 Å². The van der Waals surface area contributed by atoms with Gasteiger partial charge in [-0.3, -0.25) is 0 Å². The maximum atomic E-state index is 4.25. The average Bonchev–Trinajstić information content (AvgIpc) is 2.63. The van der Waals surface area contributed by atoms with Gasteiger partial charge < -0.3 is 0 Å². The predicted molar refractivity (Wildman–Crippen MR) is 62.9 cm³/mol. The summed E-state index contributed by atoms with van der Waals surface area (Å²) in [5.74, 6) is 1.03. The number of aryl methyl sites for hydroxylation is 1. The minimum Gasteiger partial charge on any atom is -0.197 e. The summed E-state index contributed by atoms with van der Waals surface area (Å²) in [7, 11) is 0. The van der Waals surface area contributed by atoms with Gasteiger partial charge in [0, 0.05) is 5.75 Å². The van der Waals surface area contributed by atoms with Crippen LogP contribution < -0.4 is 0 Å². The minimum absolute atomic E-state index is 1.03. The highest BCUT2D eigenvalue weighted by Crippen LogP contribution is 2.26. The van der Waals surface area contributed by atoms with Gasteiger partial charge in [-0.15, -0.1) is 11.8 Å². The van der Waals surface area contributed by atoms with Crippen molar-refractivity contribution in [2.75, 3.05) is 0 Å². The Balaban J connectivity index is 1.95. The quantitative estimate of drug-likeness (QED) is 0.732. The Morgan fingerprint density at radius 3 is 2.71 bits per heavy atom. The lowest BCUT2D eigenvalue weighted by atomic mass is 10.2. The summed E-state index contributed by atoms with van der Waals surface area (Å²) in [5, 5.41) is 0. The molecule has 0 bridgehead atoms. The van der Waals surface area contributed by atoms with Crippen LogP contribution in [0, 0.1) is 6.92 Å². The van der Waals surface area contributed by atoms with Crippen LogP contribution in [0.25, 0.3) is 0 Å². The van der Waals surface area contributed by atoms with Gasteiger partial charge in [0.1, 0.15) is 0 Å². The second-order valence-electron chi connectivity index (χ2n) is 3.06. The number of rotatable bonds is 3. The van der Waals surface area contributed by atoms with Crippen molar-refractivity contribution in [1.82, 2.24) is 4.37 Å². The Bertz CT molecular complexity index is 395. The lowest BCUT2D eigenvalue weighted by molar-refractivity contribution is 1.33. The molecule has 72 valence electrons. The van der Waals surface area contributed by atoms with Crippen LogP contribution in [0.1, 0.15) is 11.3 Å². The summed E-state index contributed by atoms with van der Waals surface area (Å²) in [6.45, 7) is 2.03. The molecule has 1 aromatic carbocycles. The highest BCUT2D eigenvalue weighted by molar-refractivity contribution is 8.00. The Hall–Kier alpha value is -0.800. The van der Waals surface area contributed by atoms with Crippen LogP contribution in [-0.2, 0) is 5.75 Å². The summed E-state index contributed by atoms with van der Waals surface area (Å²) < 4.78 is 5.55. The van der Waals surface area contributed by atoms with Gasteiger partial charge >= 0.3 is 0 Å². The molecule has 3 heteroatoms. The van der Waals surface area contributed by atoms with Gasteiger partial charge in [0.2, 0.25) is 0 Å². The van der Waals surface area contributed by atoms with Crippen LogP contribution in [0.15, 0.2) is 40.6 Å². The molecule has 2 rings (SSSR count). The van der Waals surface area contributed by atoms with Crippen LogP contribution in [0.3, 0.4) is 0 Å². The molecule has 0 saturated heterocycles. The smallest absolute Gasteiger partial charge is 0.0812 e. The average molecular weight is 221 g/mol. The third-order valence-corrected chi connectivity index (χ3v) is 3.96. The number of hydrogen-bond acceptors (Lipinski definition) is 3. The zero-order chi connectivity index (χ0) is 9.80. The van der Waals surface area contributed by atoms with E-state index in [2.05, 4.69) is 34.7 Å². The summed E-state index contributed by atoms with van der Waals surface area (Å²) in [6.07, 6.45) is 0. The van der Waals surface area contributed by atoms with Crippen molar-refractivity contribution < 1.29 is 0 Å². The second kappa shape index (κ2) is 4.62. The topological polar surface area (TPSA) is 12.9 Å². The van der Waals surface area contributed by atoms with Gasteiger partial charge in [-0.05, 0) is 30.1 Å². The first kappa shape index (κ1) is 9.74. The molecule has 1 nitrogen and oxygen atoms in total. The highest BCUT2D eigenvalue weighted by Gasteiger charge is 1.99. The molecular formula is C11H11NS2. The van der Waals surface area contributed by atoms with E-state index in [4.69, 9.17) is 0 Å². The molecule has 1 heterocycles. The normalized spacial score (nSPS) is 10.4. The van der Waals surface area contributed by atoms with Gasteiger partial charge in [0.15, 0.2) is 0 Å². The van der Waals surface area contributed by atoms with E-state index in [1.165, 1.54) is 9.77 Å². The first-order valence-electron chi connectivity index (χ1n) is 4.44. The van der Waals surface area contributed by atoms with E-state index in [0.717, 1.165) is 11.4 Å². The lowest BCUT2D eigenvalue weighted by Crippen LogP contribution is -1.76. The fraction of sp³-hybridized carbons (Fsp3) is 0.182. The molecule has 1 aromatic heterocycles. The standard InChI is InChI=1S/C11H11NS2/c1-9-7-11(14-12-9)13-8-10-5-3-2-4-6-10/h2-7H,8H2,1H3. The summed E-state index contributed by atoms with van der Waals surface area (Å²) in [4.78, 5) is 0. The van der Waals surface area contributed by atoms with Gasteiger partial charge in [-0.1, -0.05) is 30.3 Å². The van der Waals surface area contributed by atoms with Gasteiger partial charge in [-0.2, -0.15) is 4.37 Å². The van der Waals surface area contributed by atoms with Crippen molar-refractivity contribution in [3.63, 3.8) is 0 Å². The number of thioether (sulfide) groups is 1. The predicted octanol–water partition coefficient (Wildman–Crippen LogP) is 3.74. The lowest BCUT2D eigenvalue weighted by Gasteiger charge is -1.97. The summed E-state index contributed by atoms with van der Waals surface area (Å²) >= 11 is 3.43. The molecule has 0 radical (unpaired) electrons. The molecule has 0 aliphatic rings. The molecule has 0 aliphatic carbocycles. The Morgan fingerprint density at radius 1 is 1.29 bits per heavy atom. The van der Waals surface area contributed by atoms with Gasteiger partial charge in [-0.25, -0.2) is 0 Å². The molecule has 14 heavy (non-hydrogen) atoms. The maximum absolute atomic E-state index is 4.25. The monoisotopic (exact) mass is 221 g/mol. The largest absolute Gasteiger partial charge is 0.197 e. The number of nitrogens with zero attached hydrogens (tertiary/aromatic N) is 1. The Kier molecular flexibility index (Phi) is 3.22. The maximum Gasteiger partial charge on any atom is 0.0812 e. The zero-order valence-electron chi connectivity index (χ0n) is 7.93. The minimum atomic E-state index is 1.03. The third kappa shape index (κ3) is 2.59.